The summed E-state index contributed by atoms with van der Waals surface area (Å²) >= 11 is 0. The van der Waals surface area contributed by atoms with Crippen LogP contribution < -0.4 is 15.5 Å². The standard InChI is InChI=1S/C15H14N2O2.C15H16N2/c1-11-6-7-13(10-15(11)17(18)19)16-9-8-12-4-2-3-5-14(12)16;1-11-6-7-13(10-14(11)16)17-9-8-12-4-2-3-5-15(12)17/h2-7,10H,8-9H2,1H3;2-7,10H,8-9,16H2,1H3. The van der Waals surface area contributed by atoms with Gasteiger partial charge in [0.2, 0.25) is 0 Å². The Kier molecular flexibility index (Phi) is 6.34. The minimum absolute atomic E-state index is 0.182. The number of nitrogen functional groups attached to an aromatic ring is 1. The molecule has 0 unspecified atom stereocenters. The lowest BCUT2D eigenvalue weighted by molar-refractivity contribution is -0.385. The molecule has 0 fully saturated rings. The third-order valence-corrected chi connectivity index (χ3v) is 7.05. The molecule has 6 rings (SSSR count). The lowest BCUT2D eigenvalue weighted by Crippen LogP contribution is -2.13. The molecule has 0 saturated heterocycles. The normalized spacial score (nSPS) is 13.6. The highest BCUT2D eigenvalue weighted by atomic mass is 16.6. The van der Waals surface area contributed by atoms with Crippen molar-refractivity contribution in [1.82, 2.24) is 0 Å². The lowest BCUT2D eigenvalue weighted by atomic mass is 10.1. The maximum Gasteiger partial charge on any atom is 0.274 e. The van der Waals surface area contributed by atoms with Gasteiger partial charge in [0.25, 0.3) is 5.69 Å². The maximum absolute atomic E-state index is 11.0. The Morgan fingerprint density at radius 3 is 1.75 bits per heavy atom. The van der Waals surface area contributed by atoms with Gasteiger partial charge in [-0.3, -0.25) is 10.1 Å². The minimum atomic E-state index is -0.319. The number of anilines is 5. The van der Waals surface area contributed by atoms with Gasteiger partial charge in [0.05, 0.1) is 4.92 Å². The van der Waals surface area contributed by atoms with E-state index in [2.05, 4.69) is 64.4 Å². The summed E-state index contributed by atoms with van der Waals surface area (Å²) in [6.07, 6.45) is 2.10. The SMILES string of the molecule is Cc1ccc(N2CCc3ccccc32)cc1N.Cc1ccc(N2CCc3ccccc32)cc1[N+](=O)[O-]. The predicted octanol–water partition coefficient (Wildman–Crippen LogP) is 6.87. The minimum Gasteiger partial charge on any atom is -0.398 e. The van der Waals surface area contributed by atoms with Gasteiger partial charge in [-0.2, -0.15) is 0 Å². The number of nitro groups is 1. The molecule has 0 aliphatic carbocycles. The number of rotatable bonds is 3. The van der Waals surface area contributed by atoms with E-state index in [0.29, 0.717) is 5.56 Å². The molecule has 6 heteroatoms. The molecular weight excluding hydrogens is 448 g/mol. The van der Waals surface area contributed by atoms with E-state index in [1.165, 1.54) is 22.5 Å². The summed E-state index contributed by atoms with van der Waals surface area (Å²) in [5, 5.41) is 11.0. The van der Waals surface area contributed by atoms with Crippen LogP contribution in [-0.4, -0.2) is 18.0 Å². The Bertz CT molecular complexity index is 1430. The van der Waals surface area contributed by atoms with Crippen LogP contribution in [0.15, 0.2) is 84.9 Å². The number of benzene rings is 4. The Morgan fingerprint density at radius 2 is 1.22 bits per heavy atom. The Labute approximate surface area is 211 Å². The van der Waals surface area contributed by atoms with Crippen LogP contribution in [0.1, 0.15) is 22.3 Å². The van der Waals surface area contributed by atoms with Crippen LogP contribution in [0.5, 0.6) is 0 Å². The highest BCUT2D eigenvalue weighted by Crippen LogP contribution is 2.37. The second-order valence-corrected chi connectivity index (χ2v) is 9.33. The molecule has 2 aliphatic heterocycles. The number of nitrogens with zero attached hydrogens (tertiary/aromatic N) is 3. The summed E-state index contributed by atoms with van der Waals surface area (Å²) in [6, 6.07) is 28.5. The van der Waals surface area contributed by atoms with Gasteiger partial charge in [-0.05, 0) is 73.7 Å². The summed E-state index contributed by atoms with van der Waals surface area (Å²) in [4.78, 5) is 15.2. The quantitative estimate of drug-likeness (QED) is 0.198. The number of hydrogen-bond acceptors (Lipinski definition) is 5. The fraction of sp³-hybridized carbons (Fsp3) is 0.200. The molecule has 0 bridgehead atoms. The predicted molar refractivity (Wildman–Crippen MR) is 148 cm³/mol. The van der Waals surface area contributed by atoms with Crippen LogP contribution in [0.3, 0.4) is 0 Å². The molecule has 2 aliphatic rings. The van der Waals surface area contributed by atoms with Crippen LogP contribution >= 0.6 is 0 Å². The number of para-hydroxylation sites is 2. The van der Waals surface area contributed by atoms with Crippen LogP contribution in [0.2, 0.25) is 0 Å². The topological polar surface area (TPSA) is 75.6 Å². The van der Waals surface area contributed by atoms with Crippen molar-refractivity contribution in [3.63, 3.8) is 0 Å². The number of aryl methyl sites for hydroxylation is 2. The molecule has 0 saturated carbocycles. The highest BCUT2D eigenvalue weighted by Gasteiger charge is 2.22. The van der Waals surface area contributed by atoms with Crippen molar-refractivity contribution in [2.24, 2.45) is 0 Å². The van der Waals surface area contributed by atoms with Crippen LogP contribution in [-0.2, 0) is 12.8 Å². The van der Waals surface area contributed by atoms with Crippen molar-refractivity contribution >= 4 is 34.1 Å². The average Bonchev–Trinajstić information content (AvgIpc) is 3.51. The van der Waals surface area contributed by atoms with E-state index >= 15 is 0 Å². The van der Waals surface area contributed by atoms with Gasteiger partial charge >= 0.3 is 0 Å². The van der Waals surface area contributed by atoms with Gasteiger partial charge in [0, 0.05) is 53.2 Å². The Hall–Kier alpha value is -4.32. The van der Waals surface area contributed by atoms with Crippen LogP contribution in [0.4, 0.5) is 34.1 Å². The zero-order valence-corrected chi connectivity index (χ0v) is 20.6. The molecule has 2 heterocycles. The largest absolute Gasteiger partial charge is 0.398 e. The number of fused-ring (bicyclic) bond motifs is 2. The van der Waals surface area contributed by atoms with E-state index in [4.69, 9.17) is 5.73 Å². The molecule has 0 aromatic heterocycles. The first-order valence-corrected chi connectivity index (χ1v) is 12.2. The molecule has 0 amide bonds. The molecule has 36 heavy (non-hydrogen) atoms. The fourth-order valence-corrected chi connectivity index (χ4v) is 4.97. The number of nitro benzene ring substituents is 1. The summed E-state index contributed by atoms with van der Waals surface area (Å²) in [5.74, 6) is 0. The molecule has 0 spiro atoms. The zero-order chi connectivity index (χ0) is 25.2. The van der Waals surface area contributed by atoms with Gasteiger partial charge in [0.15, 0.2) is 0 Å². The van der Waals surface area contributed by atoms with Crippen molar-refractivity contribution in [2.75, 3.05) is 28.6 Å². The third kappa shape index (κ3) is 4.50. The van der Waals surface area contributed by atoms with E-state index in [1.807, 2.05) is 31.2 Å². The molecule has 182 valence electrons. The summed E-state index contributed by atoms with van der Waals surface area (Å²) < 4.78 is 0. The van der Waals surface area contributed by atoms with E-state index < -0.39 is 0 Å². The first-order chi connectivity index (χ1) is 17.4. The summed E-state index contributed by atoms with van der Waals surface area (Å²) in [5.41, 5.74) is 16.1. The van der Waals surface area contributed by atoms with Crippen molar-refractivity contribution in [3.8, 4) is 0 Å². The summed E-state index contributed by atoms with van der Waals surface area (Å²) in [6.45, 7) is 5.72. The monoisotopic (exact) mass is 478 g/mol. The molecule has 6 nitrogen and oxygen atoms in total. The smallest absolute Gasteiger partial charge is 0.274 e. The van der Waals surface area contributed by atoms with Crippen LogP contribution in [0, 0.1) is 24.0 Å². The van der Waals surface area contributed by atoms with Crippen molar-refractivity contribution in [3.05, 3.63) is 117 Å². The number of nitrogens with two attached hydrogens (primary N) is 1. The van der Waals surface area contributed by atoms with E-state index in [-0.39, 0.29) is 10.6 Å². The fourth-order valence-electron chi connectivity index (χ4n) is 4.97. The highest BCUT2D eigenvalue weighted by molar-refractivity contribution is 5.73. The molecule has 0 radical (unpaired) electrons. The van der Waals surface area contributed by atoms with Gasteiger partial charge in [0.1, 0.15) is 0 Å². The van der Waals surface area contributed by atoms with E-state index in [0.717, 1.165) is 48.6 Å². The van der Waals surface area contributed by atoms with Gasteiger partial charge < -0.3 is 15.5 Å². The van der Waals surface area contributed by atoms with Crippen LogP contribution in [0.25, 0.3) is 0 Å². The molecule has 4 aromatic rings. The Morgan fingerprint density at radius 1 is 0.722 bits per heavy atom. The average molecular weight is 479 g/mol. The van der Waals surface area contributed by atoms with Gasteiger partial charge in [-0.1, -0.05) is 48.5 Å². The number of hydrogen-bond donors (Lipinski definition) is 1. The van der Waals surface area contributed by atoms with Crippen molar-refractivity contribution < 1.29 is 4.92 Å². The van der Waals surface area contributed by atoms with E-state index in [9.17, 15) is 10.1 Å². The second kappa shape index (κ2) is 9.74. The molecular formula is C30H30N4O2. The zero-order valence-electron chi connectivity index (χ0n) is 20.6. The van der Waals surface area contributed by atoms with Crippen molar-refractivity contribution in [1.29, 1.82) is 0 Å². The first kappa shape index (κ1) is 23.4. The molecule has 4 aromatic carbocycles. The molecule has 0 atom stereocenters. The van der Waals surface area contributed by atoms with E-state index in [1.54, 1.807) is 13.0 Å². The van der Waals surface area contributed by atoms with Gasteiger partial charge in [-0.25, -0.2) is 0 Å². The first-order valence-electron chi connectivity index (χ1n) is 12.2. The van der Waals surface area contributed by atoms with Crippen molar-refractivity contribution in [2.45, 2.75) is 26.7 Å². The Balaban J connectivity index is 0.000000149. The maximum atomic E-state index is 11.0. The second-order valence-electron chi connectivity index (χ2n) is 9.33. The lowest BCUT2D eigenvalue weighted by Gasteiger charge is -2.20. The summed E-state index contributed by atoms with van der Waals surface area (Å²) in [7, 11) is 0. The third-order valence-electron chi connectivity index (χ3n) is 7.05. The van der Waals surface area contributed by atoms with Gasteiger partial charge in [-0.15, -0.1) is 0 Å². The molecule has 2 N–H and O–H groups in total.